The SMILES string of the molecule is COc1cc(C)c(C)cc1C(=O)c1csc(N)n1. The van der Waals surface area contributed by atoms with Gasteiger partial charge in [0, 0.05) is 5.38 Å². The second-order valence-electron chi connectivity index (χ2n) is 4.04. The van der Waals surface area contributed by atoms with E-state index in [2.05, 4.69) is 4.98 Å². The van der Waals surface area contributed by atoms with Gasteiger partial charge < -0.3 is 10.5 Å². The number of aryl methyl sites for hydroxylation is 2. The number of nitrogens with two attached hydrogens (primary N) is 1. The Morgan fingerprint density at radius 2 is 2.00 bits per heavy atom. The lowest BCUT2D eigenvalue weighted by Crippen LogP contribution is -2.06. The minimum atomic E-state index is -0.164. The third-order valence-electron chi connectivity index (χ3n) is 2.82. The van der Waals surface area contributed by atoms with Crippen LogP contribution in [-0.4, -0.2) is 17.9 Å². The van der Waals surface area contributed by atoms with E-state index in [0.717, 1.165) is 11.1 Å². The third-order valence-corrected chi connectivity index (χ3v) is 3.49. The van der Waals surface area contributed by atoms with Crippen molar-refractivity contribution in [3.8, 4) is 5.75 Å². The Morgan fingerprint density at radius 3 is 2.56 bits per heavy atom. The molecule has 0 saturated carbocycles. The Morgan fingerprint density at radius 1 is 1.33 bits per heavy atom. The van der Waals surface area contributed by atoms with Gasteiger partial charge in [-0.2, -0.15) is 0 Å². The zero-order valence-corrected chi connectivity index (χ0v) is 11.3. The largest absolute Gasteiger partial charge is 0.496 e. The fourth-order valence-electron chi connectivity index (χ4n) is 1.67. The number of methoxy groups -OCH3 is 1. The monoisotopic (exact) mass is 262 g/mol. The van der Waals surface area contributed by atoms with Crippen LogP contribution in [0.2, 0.25) is 0 Å². The van der Waals surface area contributed by atoms with Crippen molar-refractivity contribution >= 4 is 22.3 Å². The van der Waals surface area contributed by atoms with Crippen molar-refractivity contribution in [2.75, 3.05) is 12.8 Å². The van der Waals surface area contributed by atoms with E-state index >= 15 is 0 Å². The average molecular weight is 262 g/mol. The minimum Gasteiger partial charge on any atom is -0.496 e. The second kappa shape index (κ2) is 4.78. The standard InChI is InChI=1S/C13H14N2O2S/c1-7-4-9(11(17-3)5-8(7)2)12(16)10-6-18-13(14)15-10/h4-6H,1-3H3,(H2,14,15). The molecule has 0 radical (unpaired) electrons. The van der Waals surface area contributed by atoms with Gasteiger partial charge in [-0.05, 0) is 37.1 Å². The molecule has 94 valence electrons. The molecule has 0 aliphatic heterocycles. The van der Waals surface area contributed by atoms with Crippen LogP contribution in [-0.2, 0) is 0 Å². The molecule has 2 rings (SSSR count). The van der Waals surface area contributed by atoms with Crippen molar-refractivity contribution in [2.45, 2.75) is 13.8 Å². The maximum atomic E-state index is 12.3. The number of nitrogen functional groups attached to an aromatic ring is 1. The average Bonchev–Trinajstić information content (AvgIpc) is 2.78. The van der Waals surface area contributed by atoms with Crippen molar-refractivity contribution in [1.82, 2.24) is 4.98 Å². The molecule has 1 aromatic carbocycles. The lowest BCUT2D eigenvalue weighted by molar-refractivity contribution is 0.103. The highest BCUT2D eigenvalue weighted by molar-refractivity contribution is 7.13. The Hall–Kier alpha value is -1.88. The summed E-state index contributed by atoms with van der Waals surface area (Å²) < 4.78 is 5.25. The van der Waals surface area contributed by atoms with Crippen LogP contribution in [0.5, 0.6) is 5.75 Å². The minimum absolute atomic E-state index is 0.164. The second-order valence-corrected chi connectivity index (χ2v) is 4.93. The van der Waals surface area contributed by atoms with E-state index in [0.29, 0.717) is 22.1 Å². The molecule has 1 aromatic heterocycles. The summed E-state index contributed by atoms with van der Waals surface area (Å²) in [5.41, 5.74) is 8.55. The molecule has 0 aliphatic rings. The molecule has 0 aliphatic carbocycles. The molecule has 0 spiro atoms. The van der Waals surface area contributed by atoms with Gasteiger partial charge in [0.05, 0.1) is 12.7 Å². The molecule has 1 heterocycles. The predicted molar refractivity (Wildman–Crippen MR) is 72.4 cm³/mol. The number of ketones is 1. The molecule has 2 N–H and O–H groups in total. The molecule has 0 fully saturated rings. The third kappa shape index (κ3) is 2.22. The lowest BCUT2D eigenvalue weighted by Gasteiger charge is -2.09. The van der Waals surface area contributed by atoms with Gasteiger partial charge in [-0.1, -0.05) is 0 Å². The Balaban J connectivity index is 2.50. The number of thiazole rings is 1. The van der Waals surface area contributed by atoms with Crippen LogP contribution < -0.4 is 10.5 Å². The van der Waals surface area contributed by atoms with Gasteiger partial charge in [-0.15, -0.1) is 11.3 Å². The molecule has 0 bridgehead atoms. The maximum absolute atomic E-state index is 12.3. The molecular weight excluding hydrogens is 248 g/mol. The molecule has 4 nitrogen and oxygen atoms in total. The number of aromatic nitrogens is 1. The highest BCUT2D eigenvalue weighted by atomic mass is 32.1. The number of benzene rings is 1. The number of nitrogens with zero attached hydrogens (tertiary/aromatic N) is 1. The molecule has 0 amide bonds. The number of hydrogen-bond acceptors (Lipinski definition) is 5. The molecule has 2 aromatic rings. The summed E-state index contributed by atoms with van der Waals surface area (Å²) in [5, 5.41) is 2.05. The number of carbonyl (C=O) groups excluding carboxylic acids is 1. The van der Waals surface area contributed by atoms with Crippen LogP contribution in [0.1, 0.15) is 27.2 Å². The highest BCUT2D eigenvalue weighted by Crippen LogP contribution is 2.26. The van der Waals surface area contributed by atoms with Crippen molar-refractivity contribution in [1.29, 1.82) is 0 Å². The zero-order chi connectivity index (χ0) is 13.3. The molecule has 5 heteroatoms. The lowest BCUT2D eigenvalue weighted by atomic mass is 10.0. The summed E-state index contributed by atoms with van der Waals surface area (Å²) in [5.74, 6) is 0.401. The molecular formula is C13H14N2O2S. The van der Waals surface area contributed by atoms with E-state index in [1.165, 1.54) is 11.3 Å². The van der Waals surface area contributed by atoms with Gasteiger partial charge in [-0.25, -0.2) is 4.98 Å². The van der Waals surface area contributed by atoms with Crippen LogP contribution >= 0.6 is 11.3 Å². The molecule has 0 atom stereocenters. The smallest absolute Gasteiger partial charge is 0.216 e. The number of carbonyl (C=O) groups is 1. The van der Waals surface area contributed by atoms with Crippen LogP contribution in [0.15, 0.2) is 17.5 Å². The highest BCUT2D eigenvalue weighted by Gasteiger charge is 2.18. The number of hydrogen-bond donors (Lipinski definition) is 1. The van der Waals surface area contributed by atoms with E-state index in [-0.39, 0.29) is 5.78 Å². The topological polar surface area (TPSA) is 65.2 Å². The summed E-state index contributed by atoms with van der Waals surface area (Å²) in [4.78, 5) is 16.3. The predicted octanol–water partition coefficient (Wildman–Crippen LogP) is 2.58. The zero-order valence-electron chi connectivity index (χ0n) is 10.5. The van der Waals surface area contributed by atoms with Gasteiger partial charge >= 0.3 is 0 Å². The van der Waals surface area contributed by atoms with E-state index < -0.39 is 0 Å². The molecule has 0 saturated heterocycles. The molecule has 18 heavy (non-hydrogen) atoms. The van der Waals surface area contributed by atoms with Crippen LogP contribution in [0.3, 0.4) is 0 Å². The Bertz CT molecular complexity index is 605. The van der Waals surface area contributed by atoms with E-state index in [1.54, 1.807) is 12.5 Å². The van der Waals surface area contributed by atoms with Gasteiger partial charge in [-0.3, -0.25) is 4.79 Å². The first kappa shape index (κ1) is 12.6. The van der Waals surface area contributed by atoms with Crippen LogP contribution in [0, 0.1) is 13.8 Å². The van der Waals surface area contributed by atoms with Gasteiger partial charge in [0.2, 0.25) is 5.78 Å². The van der Waals surface area contributed by atoms with Crippen molar-refractivity contribution in [2.24, 2.45) is 0 Å². The van der Waals surface area contributed by atoms with Crippen molar-refractivity contribution in [3.63, 3.8) is 0 Å². The summed E-state index contributed by atoms with van der Waals surface area (Å²) in [7, 11) is 1.55. The summed E-state index contributed by atoms with van der Waals surface area (Å²) in [6.07, 6.45) is 0. The van der Waals surface area contributed by atoms with Crippen LogP contribution in [0.4, 0.5) is 5.13 Å². The Kier molecular flexibility index (Phi) is 3.34. The van der Waals surface area contributed by atoms with Gasteiger partial charge in [0.25, 0.3) is 0 Å². The van der Waals surface area contributed by atoms with E-state index in [1.807, 2.05) is 26.0 Å². The summed E-state index contributed by atoms with van der Waals surface area (Å²) in [6, 6.07) is 3.68. The van der Waals surface area contributed by atoms with Crippen molar-refractivity contribution < 1.29 is 9.53 Å². The van der Waals surface area contributed by atoms with Crippen molar-refractivity contribution in [3.05, 3.63) is 39.9 Å². The van der Waals surface area contributed by atoms with Crippen LogP contribution in [0.25, 0.3) is 0 Å². The Labute approximate surface area is 109 Å². The summed E-state index contributed by atoms with van der Waals surface area (Å²) >= 11 is 1.25. The number of ether oxygens (including phenoxy) is 1. The number of rotatable bonds is 3. The fourth-order valence-corrected chi connectivity index (χ4v) is 2.21. The van der Waals surface area contributed by atoms with Gasteiger partial charge in [0.15, 0.2) is 5.13 Å². The van der Waals surface area contributed by atoms with E-state index in [9.17, 15) is 4.79 Å². The quantitative estimate of drug-likeness (QED) is 0.863. The number of anilines is 1. The first-order chi connectivity index (χ1) is 8.52. The fraction of sp³-hybridized carbons (Fsp3) is 0.231. The first-order valence-corrected chi connectivity index (χ1v) is 6.32. The normalized spacial score (nSPS) is 10.4. The first-order valence-electron chi connectivity index (χ1n) is 5.44. The van der Waals surface area contributed by atoms with E-state index in [4.69, 9.17) is 10.5 Å². The maximum Gasteiger partial charge on any atom is 0.216 e. The molecule has 0 unspecified atom stereocenters. The summed E-state index contributed by atoms with van der Waals surface area (Å²) in [6.45, 7) is 3.94. The van der Waals surface area contributed by atoms with Gasteiger partial charge in [0.1, 0.15) is 11.4 Å².